The van der Waals surface area contributed by atoms with Crippen LogP contribution in [0.2, 0.25) is 0 Å². The molecule has 20 heavy (non-hydrogen) atoms. The molecule has 108 valence electrons. The zero-order chi connectivity index (χ0) is 14.5. The van der Waals surface area contributed by atoms with Crippen LogP contribution in [0.3, 0.4) is 0 Å². The molecule has 5 nitrogen and oxygen atoms in total. The SMILES string of the molecule is CCCc1noc(COc2ccc([C@@H](C)O)cc2F)n1. The van der Waals surface area contributed by atoms with Crippen molar-refractivity contribution in [3.63, 3.8) is 0 Å². The Balaban J connectivity index is 1.99. The number of rotatable bonds is 6. The molecule has 1 heterocycles. The van der Waals surface area contributed by atoms with Gasteiger partial charge in [0.25, 0.3) is 5.89 Å². The summed E-state index contributed by atoms with van der Waals surface area (Å²) in [7, 11) is 0. The maximum absolute atomic E-state index is 13.7. The van der Waals surface area contributed by atoms with Crippen LogP contribution in [-0.2, 0) is 13.0 Å². The fraction of sp³-hybridized carbons (Fsp3) is 0.429. The van der Waals surface area contributed by atoms with E-state index in [-0.39, 0.29) is 12.4 Å². The number of aliphatic hydroxyl groups is 1. The number of aromatic nitrogens is 2. The number of nitrogens with zero attached hydrogens (tertiary/aromatic N) is 2. The summed E-state index contributed by atoms with van der Waals surface area (Å²) in [5.41, 5.74) is 0.498. The lowest BCUT2D eigenvalue weighted by Crippen LogP contribution is -2.00. The van der Waals surface area contributed by atoms with Gasteiger partial charge in [-0.3, -0.25) is 0 Å². The zero-order valence-corrected chi connectivity index (χ0v) is 11.5. The maximum Gasteiger partial charge on any atom is 0.264 e. The first-order valence-corrected chi connectivity index (χ1v) is 6.52. The molecular weight excluding hydrogens is 263 g/mol. The minimum atomic E-state index is -0.717. The standard InChI is InChI=1S/C14H17FN2O3/c1-3-4-13-16-14(20-17-13)8-19-12-6-5-10(9(2)18)7-11(12)15/h5-7,9,18H,3-4,8H2,1-2H3/t9-/m1/s1. The van der Waals surface area contributed by atoms with E-state index in [1.807, 2.05) is 6.92 Å². The van der Waals surface area contributed by atoms with E-state index in [4.69, 9.17) is 9.26 Å². The molecule has 6 heteroatoms. The zero-order valence-electron chi connectivity index (χ0n) is 11.5. The Hall–Kier alpha value is -1.95. The van der Waals surface area contributed by atoms with E-state index in [0.29, 0.717) is 17.3 Å². The van der Waals surface area contributed by atoms with Crippen molar-refractivity contribution in [2.45, 2.75) is 39.4 Å². The quantitative estimate of drug-likeness (QED) is 0.881. The number of halogens is 1. The fourth-order valence-corrected chi connectivity index (χ4v) is 1.71. The van der Waals surface area contributed by atoms with Gasteiger partial charge in [0.2, 0.25) is 0 Å². The van der Waals surface area contributed by atoms with Gasteiger partial charge in [-0.05, 0) is 31.0 Å². The third-order valence-electron chi connectivity index (χ3n) is 2.77. The van der Waals surface area contributed by atoms with E-state index in [9.17, 15) is 9.50 Å². The summed E-state index contributed by atoms with van der Waals surface area (Å²) in [5, 5.41) is 13.1. The summed E-state index contributed by atoms with van der Waals surface area (Å²) in [4.78, 5) is 4.13. The number of hydrogen-bond acceptors (Lipinski definition) is 5. The third-order valence-corrected chi connectivity index (χ3v) is 2.77. The lowest BCUT2D eigenvalue weighted by Gasteiger charge is -2.08. The predicted octanol–water partition coefficient (Wildman–Crippen LogP) is 2.79. The summed E-state index contributed by atoms with van der Waals surface area (Å²) in [5.74, 6) is 0.491. The molecule has 0 saturated heterocycles. The van der Waals surface area contributed by atoms with Crippen molar-refractivity contribution in [1.82, 2.24) is 10.1 Å². The van der Waals surface area contributed by atoms with Crippen LogP contribution in [0.25, 0.3) is 0 Å². The second kappa shape index (κ2) is 6.47. The predicted molar refractivity (Wildman–Crippen MR) is 69.7 cm³/mol. The van der Waals surface area contributed by atoms with Gasteiger partial charge in [-0.2, -0.15) is 4.98 Å². The van der Waals surface area contributed by atoms with Crippen molar-refractivity contribution in [2.24, 2.45) is 0 Å². The molecular formula is C14H17FN2O3. The Morgan fingerprint density at radius 1 is 1.45 bits per heavy atom. The highest BCUT2D eigenvalue weighted by Gasteiger charge is 2.10. The van der Waals surface area contributed by atoms with Gasteiger partial charge in [-0.25, -0.2) is 4.39 Å². The summed E-state index contributed by atoms with van der Waals surface area (Å²) in [6, 6.07) is 4.33. The van der Waals surface area contributed by atoms with Crippen molar-refractivity contribution < 1.29 is 18.8 Å². The first-order chi connectivity index (χ1) is 9.60. The van der Waals surface area contributed by atoms with Crippen molar-refractivity contribution >= 4 is 0 Å². The molecule has 0 aliphatic heterocycles. The van der Waals surface area contributed by atoms with E-state index in [1.54, 1.807) is 13.0 Å². The molecule has 0 fully saturated rings. The van der Waals surface area contributed by atoms with Crippen LogP contribution in [0.1, 0.15) is 43.7 Å². The topological polar surface area (TPSA) is 68.4 Å². The van der Waals surface area contributed by atoms with Crippen LogP contribution in [0.5, 0.6) is 5.75 Å². The second-order valence-electron chi connectivity index (χ2n) is 4.51. The first-order valence-electron chi connectivity index (χ1n) is 6.52. The van der Waals surface area contributed by atoms with E-state index >= 15 is 0 Å². The Labute approximate surface area is 116 Å². The summed E-state index contributed by atoms with van der Waals surface area (Å²) < 4.78 is 24.0. The molecule has 0 aliphatic rings. The molecule has 0 spiro atoms. The monoisotopic (exact) mass is 280 g/mol. The molecule has 2 rings (SSSR count). The van der Waals surface area contributed by atoms with Gasteiger partial charge in [-0.15, -0.1) is 0 Å². The van der Waals surface area contributed by atoms with E-state index < -0.39 is 11.9 Å². The normalized spacial score (nSPS) is 12.4. The van der Waals surface area contributed by atoms with Gasteiger partial charge in [0, 0.05) is 6.42 Å². The number of aryl methyl sites for hydroxylation is 1. The summed E-state index contributed by atoms with van der Waals surface area (Å²) >= 11 is 0. The molecule has 1 aromatic heterocycles. The Morgan fingerprint density at radius 2 is 2.25 bits per heavy atom. The van der Waals surface area contributed by atoms with Crippen molar-refractivity contribution in [3.8, 4) is 5.75 Å². The molecule has 0 amide bonds. The Morgan fingerprint density at radius 3 is 2.90 bits per heavy atom. The smallest absolute Gasteiger partial charge is 0.264 e. The number of aliphatic hydroxyl groups excluding tert-OH is 1. The molecule has 2 aromatic rings. The molecule has 0 saturated carbocycles. The van der Waals surface area contributed by atoms with Crippen LogP contribution < -0.4 is 4.74 Å². The van der Waals surface area contributed by atoms with Crippen LogP contribution >= 0.6 is 0 Å². The highest BCUT2D eigenvalue weighted by atomic mass is 19.1. The molecule has 1 aromatic carbocycles. The largest absolute Gasteiger partial charge is 0.481 e. The number of hydrogen-bond donors (Lipinski definition) is 1. The maximum atomic E-state index is 13.7. The van der Waals surface area contributed by atoms with Crippen LogP contribution in [0.15, 0.2) is 22.7 Å². The minimum Gasteiger partial charge on any atom is -0.481 e. The van der Waals surface area contributed by atoms with Crippen molar-refractivity contribution in [2.75, 3.05) is 0 Å². The lowest BCUT2D eigenvalue weighted by atomic mass is 10.1. The van der Waals surface area contributed by atoms with Gasteiger partial charge in [-0.1, -0.05) is 18.1 Å². The average molecular weight is 280 g/mol. The Bertz CT molecular complexity index is 569. The molecule has 0 bridgehead atoms. The molecule has 1 N–H and O–H groups in total. The highest BCUT2D eigenvalue weighted by Crippen LogP contribution is 2.22. The van der Waals surface area contributed by atoms with Crippen molar-refractivity contribution in [1.29, 1.82) is 0 Å². The minimum absolute atomic E-state index is 0.0155. The lowest BCUT2D eigenvalue weighted by molar-refractivity contribution is 0.198. The van der Waals surface area contributed by atoms with Gasteiger partial charge in [0.15, 0.2) is 24.0 Å². The number of benzene rings is 1. The van der Waals surface area contributed by atoms with Crippen LogP contribution in [0, 0.1) is 5.82 Å². The van der Waals surface area contributed by atoms with Crippen LogP contribution in [-0.4, -0.2) is 15.2 Å². The van der Waals surface area contributed by atoms with E-state index in [1.165, 1.54) is 12.1 Å². The highest BCUT2D eigenvalue weighted by molar-refractivity contribution is 5.30. The Kier molecular flexibility index (Phi) is 4.68. The average Bonchev–Trinajstić information content (AvgIpc) is 2.85. The first kappa shape index (κ1) is 14.5. The fourth-order valence-electron chi connectivity index (χ4n) is 1.71. The molecule has 1 atom stereocenters. The number of ether oxygens (including phenoxy) is 1. The summed E-state index contributed by atoms with van der Waals surface area (Å²) in [6.07, 6.45) is 0.946. The van der Waals surface area contributed by atoms with Gasteiger partial charge < -0.3 is 14.4 Å². The molecule has 0 radical (unpaired) electrons. The van der Waals surface area contributed by atoms with Gasteiger partial charge >= 0.3 is 0 Å². The molecule has 0 aliphatic carbocycles. The van der Waals surface area contributed by atoms with Crippen LogP contribution in [0.4, 0.5) is 4.39 Å². The van der Waals surface area contributed by atoms with Gasteiger partial charge in [0.05, 0.1) is 6.10 Å². The second-order valence-corrected chi connectivity index (χ2v) is 4.51. The third kappa shape index (κ3) is 3.54. The summed E-state index contributed by atoms with van der Waals surface area (Å²) in [6.45, 7) is 3.61. The van der Waals surface area contributed by atoms with E-state index in [2.05, 4.69) is 10.1 Å². The van der Waals surface area contributed by atoms with Crippen molar-refractivity contribution in [3.05, 3.63) is 41.3 Å². The van der Waals surface area contributed by atoms with Gasteiger partial charge in [0.1, 0.15) is 0 Å². The molecule has 0 unspecified atom stereocenters. The van der Waals surface area contributed by atoms with E-state index in [0.717, 1.165) is 12.8 Å².